The summed E-state index contributed by atoms with van der Waals surface area (Å²) >= 11 is 0. The fraction of sp³-hybridized carbons (Fsp3) is 0.692. The molecule has 3 heteroatoms. The number of hydrogen-bond donors (Lipinski definition) is 0. The van der Waals surface area contributed by atoms with Crippen LogP contribution in [0.15, 0.2) is 24.0 Å². The predicted octanol–water partition coefficient (Wildman–Crippen LogP) is 3.62. The highest BCUT2D eigenvalue weighted by molar-refractivity contribution is 6.70. The quantitative estimate of drug-likeness (QED) is 0.540. The molecule has 1 saturated heterocycles. The molecule has 0 aromatic carbocycles. The molecule has 2 nitrogen and oxygen atoms in total. The van der Waals surface area contributed by atoms with Gasteiger partial charge in [-0.2, -0.15) is 0 Å². The van der Waals surface area contributed by atoms with E-state index in [2.05, 4.69) is 46.1 Å². The molecule has 2 bridgehead atoms. The summed E-state index contributed by atoms with van der Waals surface area (Å²) in [5.41, 5.74) is 0.711. The van der Waals surface area contributed by atoms with Crippen LogP contribution in [0.5, 0.6) is 0 Å². The highest BCUT2D eigenvalue weighted by Gasteiger charge is 2.52. The molecule has 0 spiro atoms. The Morgan fingerprint density at radius 1 is 1.38 bits per heavy atom. The second-order valence-electron chi connectivity index (χ2n) is 6.35. The molecule has 90 valence electrons. The zero-order valence-corrected chi connectivity index (χ0v) is 12.0. The van der Waals surface area contributed by atoms with Gasteiger partial charge < -0.3 is 9.16 Å². The van der Waals surface area contributed by atoms with Crippen LogP contribution in [0, 0.1) is 0 Å². The lowest BCUT2D eigenvalue weighted by molar-refractivity contribution is -0.0833. The molecule has 0 saturated carbocycles. The Morgan fingerprint density at radius 2 is 2.00 bits per heavy atom. The largest absolute Gasteiger partial charge is 0.545 e. The summed E-state index contributed by atoms with van der Waals surface area (Å²) in [4.78, 5) is 0. The van der Waals surface area contributed by atoms with Gasteiger partial charge in [0, 0.05) is 6.42 Å². The van der Waals surface area contributed by atoms with Gasteiger partial charge >= 0.3 is 0 Å². The van der Waals surface area contributed by atoms with E-state index in [9.17, 15) is 0 Å². The highest BCUT2D eigenvalue weighted by Crippen LogP contribution is 2.51. The second kappa shape index (κ2) is 3.23. The van der Waals surface area contributed by atoms with Crippen LogP contribution in [0.4, 0.5) is 0 Å². The fourth-order valence-electron chi connectivity index (χ4n) is 2.53. The molecule has 2 rings (SSSR count). The molecular formula is C13H22O2Si. The first-order valence-corrected chi connectivity index (χ1v) is 9.34. The lowest BCUT2D eigenvalue weighted by atomic mass is 9.95. The number of hydrogen-bond acceptors (Lipinski definition) is 2. The topological polar surface area (TPSA) is 18.5 Å². The van der Waals surface area contributed by atoms with Crippen LogP contribution in [-0.4, -0.2) is 19.5 Å². The SMILES string of the molecule is C=C1C[C@]2(C)CC=C(O[Si](C)(C)C)[C@@]1(C)O2. The maximum absolute atomic E-state index is 6.17. The Bertz CT molecular complexity index is 367. The average Bonchev–Trinajstić information content (AvgIpc) is 2.26. The van der Waals surface area contributed by atoms with E-state index in [4.69, 9.17) is 9.16 Å². The van der Waals surface area contributed by atoms with Crippen LogP contribution in [-0.2, 0) is 9.16 Å². The van der Waals surface area contributed by atoms with Crippen molar-refractivity contribution in [1.29, 1.82) is 0 Å². The summed E-state index contributed by atoms with van der Waals surface area (Å²) in [6.45, 7) is 15.0. The Labute approximate surface area is 99.5 Å². The molecule has 0 aliphatic carbocycles. The minimum Gasteiger partial charge on any atom is -0.545 e. The molecule has 16 heavy (non-hydrogen) atoms. The minimum atomic E-state index is -1.57. The van der Waals surface area contributed by atoms with Crippen molar-refractivity contribution >= 4 is 8.32 Å². The second-order valence-corrected chi connectivity index (χ2v) is 10.8. The standard InChI is InChI=1S/C13H22O2Si/c1-10-9-12(2)8-7-11(13(10,3)15-12)14-16(4,5)6/h7H,1,8-9H2,2-6H3/t12-,13-/m0/s1. The van der Waals surface area contributed by atoms with Gasteiger partial charge in [0.1, 0.15) is 11.4 Å². The third kappa shape index (κ3) is 1.87. The van der Waals surface area contributed by atoms with Gasteiger partial charge in [0.2, 0.25) is 8.32 Å². The number of ether oxygens (including phenoxy) is 1. The summed E-state index contributed by atoms with van der Waals surface area (Å²) in [6.07, 6.45) is 4.08. The first-order valence-electron chi connectivity index (χ1n) is 5.93. The normalized spacial score (nSPS) is 38.6. The Morgan fingerprint density at radius 3 is 2.56 bits per heavy atom. The summed E-state index contributed by atoms with van der Waals surface area (Å²) in [7, 11) is -1.57. The van der Waals surface area contributed by atoms with E-state index in [1.54, 1.807) is 0 Å². The van der Waals surface area contributed by atoms with Gasteiger partial charge in [-0.1, -0.05) is 6.58 Å². The number of fused-ring (bicyclic) bond motifs is 2. The third-order valence-corrected chi connectivity index (χ3v) is 4.15. The predicted molar refractivity (Wildman–Crippen MR) is 68.8 cm³/mol. The van der Waals surface area contributed by atoms with Gasteiger partial charge in [0.25, 0.3) is 0 Å². The van der Waals surface area contributed by atoms with Crippen molar-refractivity contribution in [2.75, 3.05) is 0 Å². The molecule has 0 radical (unpaired) electrons. The first-order chi connectivity index (χ1) is 7.15. The summed E-state index contributed by atoms with van der Waals surface area (Å²) < 4.78 is 12.3. The summed E-state index contributed by atoms with van der Waals surface area (Å²) in [6, 6.07) is 0. The molecule has 0 aromatic heterocycles. The van der Waals surface area contributed by atoms with Crippen molar-refractivity contribution in [2.24, 2.45) is 0 Å². The molecule has 0 N–H and O–H groups in total. The zero-order valence-electron chi connectivity index (χ0n) is 11.0. The summed E-state index contributed by atoms with van der Waals surface area (Å²) in [5.74, 6) is 0.992. The molecule has 2 aliphatic rings. The molecule has 0 aromatic rings. The van der Waals surface area contributed by atoms with Crippen molar-refractivity contribution in [3.05, 3.63) is 24.0 Å². The molecule has 2 heterocycles. The van der Waals surface area contributed by atoms with Crippen molar-refractivity contribution in [1.82, 2.24) is 0 Å². The van der Waals surface area contributed by atoms with Gasteiger partial charge in [0.05, 0.1) is 5.60 Å². The molecule has 1 fully saturated rings. The van der Waals surface area contributed by atoms with Crippen molar-refractivity contribution in [3.63, 3.8) is 0 Å². The monoisotopic (exact) mass is 238 g/mol. The van der Waals surface area contributed by atoms with E-state index < -0.39 is 8.32 Å². The van der Waals surface area contributed by atoms with Gasteiger partial charge in [-0.3, -0.25) is 0 Å². The van der Waals surface area contributed by atoms with Crippen molar-refractivity contribution in [3.8, 4) is 0 Å². The molecule has 2 atom stereocenters. The van der Waals surface area contributed by atoms with Gasteiger partial charge in [-0.25, -0.2) is 0 Å². The van der Waals surface area contributed by atoms with E-state index in [1.165, 1.54) is 0 Å². The van der Waals surface area contributed by atoms with E-state index in [-0.39, 0.29) is 11.2 Å². The van der Waals surface area contributed by atoms with E-state index in [0.29, 0.717) is 0 Å². The van der Waals surface area contributed by atoms with Crippen molar-refractivity contribution in [2.45, 2.75) is 57.5 Å². The number of rotatable bonds is 2. The van der Waals surface area contributed by atoms with Crippen LogP contribution in [0.2, 0.25) is 19.6 Å². The third-order valence-electron chi connectivity index (χ3n) is 3.32. The maximum atomic E-state index is 6.17. The molecular weight excluding hydrogens is 216 g/mol. The van der Waals surface area contributed by atoms with E-state index >= 15 is 0 Å². The van der Waals surface area contributed by atoms with Crippen LogP contribution in [0.1, 0.15) is 26.7 Å². The minimum absolute atomic E-state index is 0.0574. The lowest BCUT2D eigenvalue weighted by Crippen LogP contribution is -2.41. The van der Waals surface area contributed by atoms with E-state index in [1.807, 2.05) is 0 Å². The van der Waals surface area contributed by atoms with Crippen LogP contribution >= 0.6 is 0 Å². The van der Waals surface area contributed by atoms with Crippen LogP contribution in [0.25, 0.3) is 0 Å². The maximum Gasteiger partial charge on any atom is 0.241 e. The van der Waals surface area contributed by atoms with Crippen LogP contribution < -0.4 is 0 Å². The zero-order chi connectivity index (χ0) is 12.2. The Kier molecular flexibility index (Phi) is 2.41. The average molecular weight is 238 g/mol. The van der Waals surface area contributed by atoms with E-state index in [0.717, 1.165) is 24.2 Å². The molecule has 2 aliphatic heterocycles. The van der Waals surface area contributed by atoms with Gasteiger partial charge in [-0.15, -0.1) is 0 Å². The van der Waals surface area contributed by atoms with Gasteiger partial charge in [-0.05, 0) is 51.6 Å². The Balaban J connectivity index is 2.32. The van der Waals surface area contributed by atoms with Gasteiger partial charge in [0.15, 0.2) is 0 Å². The lowest BCUT2D eigenvalue weighted by Gasteiger charge is -2.38. The molecule has 0 unspecified atom stereocenters. The fourth-order valence-corrected chi connectivity index (χ4v) is 3.47. The highest BCUT2D eigenvalue weighted by atomic mass is 28.4. The van der Waals surface area contributed by atoms with Crippen LogP contribution in [0.3, 0.4) is 0 Å². The van der Waals surface area contributed by atoms with Crippen molar-refractivity contribution < 1.29 is 9.16 Å². The summed E-state index contributed by atoms with van der Waals surface area (Å²) in [5, 5.41) is 0. The first kappa shape index (κ1) is 11.9. The smallest absolute Gasteiger partial charge is 0.241 e. The molecule has 0 amide bonds. The Hall–Kier alpha value is -0.543.